The van der Waals surface area contributed by atoms with E-state index in [1.807, 2.05) is 0 Å². The first-order chi connectivity index (χ1) is 9.84. The zero-order valence-electron chi connectivity index (χ0n) is 12.1. The smallest absolute Gasteiger partial charge is 0.0622 e. The second-order valence-corrected chi connectivity index (χ2v) is 6.39. The molecule has 0 radical (unpaired) electrons. The second-order valence-electron chi connectivity index (χ2n) is 6.39. The lowest BCUT2D eigenvalue weighted by Crippen LogP contribution is -2.46. The van der Waals surface area contributed by atoms with Crippen LogP contribution in [-0.2, 0) is 10.2 Å². The predicted octanol–water partition coefficient (Wildman–Crippen LogP) is 4.31. The lowest BCUT2D eigenvalue weighted by molar-refractivity contribution is -0.0637. The molecule has 0 unspecified atom stereocenters. The molecule has 2 nitrogen and oxygen atoms in total. The fourth-order valence-corrected chi connectivity index (χ4v) is 3.64. The summed E-state index contributed by atoms with van der Waals surface area (Å²) in [6.07, 6.45) is 8.41. The van der Waals surface area contributed by atoms with Crippen LogP contribution in [0.25, 0.3) is 0 Å². The molecule has 3 rings (SSSR count). The first kappa shape index (κ1) is 13.6. The summed E-state index contributed by atoms with van der Waals surface area (Å²) in [4.78, 5) is 0. The Labute approximate surface area is 121 Å². The number of nitrogens with zero attached hydrogens (tertiary/aromatic N) is 1. The van der Waals surface area contributed by atoms with Gasteiger partial charge in [0.25, 0.3) is 0 Å². The molecule has 0 atom stereocenters. The molecule has 2 fully saturated rings. The van der Waals surface area contributed by atoms with Crippen LogP contribution in [0.1, 0.15) is 62.0 Å². The first-order valence-electron chi connectivity index (χ1n) is 7.89. The van der Waals surface area contributed by atoms with Gasteiger partial charge in [0.05, 0.1) is 19.3 Å². The maximum Gasteiger partial charge on any atom is 0.0622 e. The van der Waals surface area contributed by atoms with Gasteiger partial charge in [-0.05, 0) is 36.3 Å². The van der Waals surface area contributed by atoms with Crippen LogP contribution in [0.2, 0.25) is 0 Å². The lowest BCUT2D eigenvalue weighted by Gasteiger charge is -2.42. The van der Waals surface area contributed by atoms with Crippen molar-refractivity contribution in [1.82, 2.24) is 0 Å². The summed E-state index contributed by atoms with van der Waals surface area (Å²) >= 11 is 0. The van der Waals surface area contributed by atoms with E-state index < -0.39 is 0 Å². The number of ether oxygens (including phenoxy) is 1. The van der Waals surface area contributed by atoms with Crippen molar-refractivity contribution in [3.8, 4) is 6.07 Å². The summed E-state index contributed by atoms with van der Waals surface area (Å²) in [6, 6.07) is 11.5. The van der Waals surface area contributed by atoms with Crippen LogP contribution in [0.5, 0.6) is 0 Å². The Balaban J connectivity index is 1.73. The Kier molecular flexibility index (Phi) is 4.08. The molecule has 0 bridgehead atoms. The van der Waals surface area contributed by atoms with Gasteiger partial charge in [0.1, 0.15) is 0 Å². The number of benzene rings is 1. The summed E-state index contributed by atoms with van der Waals surface area (Å²) in [6.45, 7) is 1.55. The van der Waals surface area contributed by atoms with Gasteiger partial charge >= 0.3 is 0 Å². The fraction of sp³-hybridized carbons (Fsp3) is 0.611. The average molecular weight is 269 g/mol. The SMILES string of the molecule is N#CCCC1(c2ccc(C3CCCCC3)cc2)COC1. The van der Waals surface area contributed by atoms with E-state index in [0.717, 1.165) is 25.6 Å². The highest BCUT2D eigenvalue weighted by molar-refractivity contribution is 5.33. The van der Waals surface area contributed by atoms with E-state index in [2.05, 4.69) is 30.3 Å². The van der Waals surface area contributed by atoms with Gasteiger partial charge < -0.3 is 4.74 Å². The van der Waals surface area contributed by atoms with Gasteiger partial charge in [-0.25, -0.2) is 0 Å². The predicted molar refractivity (Wildman–Crippen MR) is 79.6 cm³/mol. The van der Waals surface area contributed by atoms with E-state index in [1.54, 1.807) is 0 Å². The van der Waals surface area contributed by atoms with Gasteiger partial charge in [-0.3, -0.25) is 0 Å². The van der Waals surface area contributed by atoms with E-state index in [-0.39, 0.29) is 5.41 Å². The van der Waals surface area contributed by atoms with Gasteiger partial charge in [0.2, 0.25) is 0 Å². The van der Waals surface area contributed by atoms with Crippen molar-refractivity contribution in [2.75, 3.05) is 13.2 Å². The van der Waals surface area contributed by atoms with E-state index >= 15 is 0 Å². The van der Waals surface area contributed by atoms with Gasteiger partial charge in [-0.2, -0.15) is 5.26 Å². The summed E-state index contributed by atoms with van der Waals surface area (Å²) in [5.41, 5.74) is 2.98. The number of rotatable bonds is 4. The normalized spacial score (nSPS) is 21.9. The van der Waals surface area contributed by atoms with Crippen LogP contribution in [-0.4, -0.2) is 13.2 Å². The molecule has 1 aliphatic heterocycles. The van der Waals surface area contributed by atoms with E-state index in [9.17, 15) is 0 Å². The van der Waals surface area contributed by atoms with Gasteiger partial charge in [-0.15, -0.1) is 0 Å². The molecule has 0 amide bonds. The molecular formula is C18H23NO. The molecule has 106 valence electrons. The molecule has 2 aliphatic rings. The monoisotopic (exact) mass is 269 g/mol. The molecule has 2 heteroatoms. The zero-order chi connectivity index (χ0) is 13.8. The Bertz CT molecular complexity index is 475. The quantitative estimate of drug-likeness (QED) is 0.816. The van der Waals surface area contributed by atoms with Crippen LogP contribution >= 0.6 is 0 Å². The molecule has 1 saturated carbocycles. The van der Waals surface area contributed by atoms with Crippen LogP contribution in [0.3, 0.4) is 0 Å². The maximum atomic E-state index is 8.82. The summed E-state index contributed by atoms with van der Waals surface area (Å²) in [7, 11) is 0. The van der Waals surface area contributed by atoms with Crippen LogP contribution in [0.15, 0.2) is 24.3 Å². The fourth-order valence-electron chi connectivity index (χ4n) is 3.64. The standard InChI is InChI=1S/C18H23NO/c19-12-4-11-18(13-20-14-18)17-9-7-16(8-10-17)15-5-2-1-3-6-15/h7-10,15H,1-6,11,13-14H2. The summed E-state index contributed by atoms with van der Waals surface area (Å²) in [5, 5.41) is 8.82. The molecule has 1 aromatic rings. The van der Waals surface area contributed by atoms with Crippen LogP contribution in [0, 0.1) is 11.3 Å². The maximum absolute atomic E-state index is 8.82. The van der Waals surface area contributed by atoms with Crippen molar-refractivity contribution >= 4 is 0 Å². The Morgan fingerprint density at radius 1 is 1.10 bits per heavy atom. The van der Waals surface area contributed by atoms with Crippen LogP contribution in [0.4, 0.5) is 0 Å². The Hall–Kier alpha value is -1.33. The minimum absolute atomic E-state index is 0.112. The number of hydrogen-bond donors (Lipinski definition) is 0. The Morgan fingerprint density at radius 3 is 2.35 bits per heavy atom. The van der Waals surface area contributed by atoms with E-state index in [0.29, 0.717) is 6.42 Å². The topological polar surface area (TPSA) is 33.0 Å². The van der Waals surface area contributed by atoms with Gasteiger partial charge in [0, 0.05) is 11.8 Å². The van der Waals surface area contributed by atoms with Gasteiger partial charge in [-0.1, -0.05) is 43.5 Å². The molecule has 0 spiro atoms. The highest BCUT2D eigenvalue weighted by atomic mass is 16.5. The molecule has 0 N–H and O–H groups in total. The first-order valence-corrected chi connectivity index (χ1v) is 7.89. The molecular weight excluding hydrogens is 246 g/mol. The largest absolute Gasteiger partial charge is 0.379 e. The zero-order valence-corrected chi connectivity index (χ0v) is 12.1. The number of nitriles is 1. The third kappa shape index (κ3) is 2.60. The van der Waals surface area contributed by atoms with Crippen molar-refractivity contribution in [2.24, 2.45) is 0 Å². The third-order valence-corrected chi connectivity index (χ3v) is 5.07. The molecule has 20 heavy (non-hydrogen) atoms. The van der Waals surface area contributed by atoms with E-state index in [1.165, 1.54) is 43.2 Å². The third-order valence-electron chi connectivity index (χ3n) is 5.07. The molecule has 1 heterocycles. The highest BCUT2D eigenvalue weighted by Gasteiger charge is 2.39. The van der Waals surface area contributed by atoms with Crippen molar-refractivity contribution in [1.29, 1.82) is 5.26 Å². The van der Waals surface area contributed by atoms with Gasteiger partial charge in [0.15, 0.2) is 0 Å². The number of hydrogen-bond acceptors (Lipinski definition) is 2. The lowest BCUT2D eigenvalue weighted by atomic mass is 9.74. The van der Waals surface area contributed by atoms with Crippen molar-refractivity contribution in [3.05, 3.63) is 35.4 Å². The van der Waals surface area contributed by atoms with Crippen LogP contribution < -0.4 is 0 Å². The van der Waals surface area contributed by atoms with Crippen molar-refractivity contribution < 1.29 is 4.74 Å². The average Bonchev–Trinajstić information content (AvgIpc) is 2.48. The second kappa shape index (κ2) is 5.97. The Morgan fingerprint density at radius 2 is 1.80 bits per heavy atom. The minimum atomic E-state index is 0.112. The minimum Gasteiger partial charge on any atom is -0.379 e. The molecule has 0 aromatic heterocycles. The van der Waals surface area contributed by atoms with E-state index in [4.69, 9.17) is 10.00 Å². The van der Waals surface area contributed by atoms with Crippen molar-refractivity contribution in [3.63, 3.8) is 0 Å². The summed E-state index contributed by atoms with van der Waals surface area (Å²) < 4.78 is 5.43. The van der Waals surface area contributed by atoms with Crippen molar-refractivity contribution in [2.45, 2.75) is 56.3 Å². The summed E-state index contributed by atoms with van der Waals surface area (Å²) in [5.74, 6) is 0.769. The highest BCUT2D eigenvalue weighted by Crippen LogP contribution is 2.38. The molecule has 1 aromatic carbocycles. The molecule has 1 aliphatic carbocycles. The molecule has 1 saturated heterocycles.